The molecule has 1 aliphatic heterocycles. The lowest BCUT2D eigenvalue weighted by atomic mass is 10.3. The Kier molecular flexibility index (Phi) is 8.48. The quantitative estimate of drug-likeness (QED) is 0.433. The molecule has 19 heavy (non-hydrogen) atoms. The van der Waals surface area contributed by atoms with E-state index in [4.69, 9.17) is 14.6 Å². The molecular formula is C13H20O6. The highest BCUT2D eigenvalue weighted by atomic mass is 16.6. The van der Waals surface area contributed by atoms with E-state index in [0.717, 1.165) is 12.7 Å². The third-order valence-corrected chi connectivity index (χ3v) is 1.89. The normalized spacial score (nSPS) is 17.3. The summed E-state index contributed by atoms with van der Waals surface area (Å²) in [7, 11) is 0. The molecule has 0 bridgehead atoms. The Bertz CT molecular complexity index is 332. The van der Waals surface area contributed by atoms with Crippen molar-refractivity contribution in [2.45, 2.75) is 26.1 Å². The van der Waals surface area contributed by atoms with Gasteiger partial charge in [-0.05, 0) is 13.8 Å². The van der Waals surface area contributed by atoms with Crippen LogP contribution in [0.1, 0.15) is 13.8 Å². The lowest BCUT2D eigenvalue weighted by Gasteiger charge is -2.11. The van der Waals surface area contributed by atoms with Crippen molar-refractivity contribution in [3.8, 4) is 0 Å². The minimum absolute atomic E-state index is 0.0191. The molecule has 2 unspecified atom stereocenters. The van der Waals surface area contributed by atoms with E-state index in [-0.39, 0.29) is 19.3 Å². The SMILES string of the molecule is C=CC(=O)OC(C)COC(=O)C(=C)C.OCC1CO1. The molecule has 1 heterocycles. The van der Waals surface area contributed by atoms with E-state index in [2.05, 4.69) is 17.9 Å². The fourth-order valence-electron chi connectivity index (χ4n) is 0.770. The van der Waals surface area contributed by atoms with Crippen molar-refractivity contribution >= 4 is 11.9 Å². The van der Waals surface area contributed by atoms with E-state index in [1.807, 2.05) is 0 Å². The van der Waals surface area contributed by atoms with Crippen LogP contribution in [0.3, 0.4) is 0 Å². The van der Waals surface area contributed by atoms with E-state index in [0.29, 0.717) is 5.57 Å². The van der Waals surface area contributed by atoms with Gasteiger partial charge in [-0.15, -0.1) is 0 Å². The van der Waals surface area contributed by atoms with Crippen LogP contribution in [0.5, 0.6) is 0 Å². The van der Waals surface area contributed by atoms with E-state index in [9.17, 15) is 9.59 Å². The van der Waals surface area contributed by atoms with Crippen LogP contribution >= 0.6 is 0 Å². The average Bonchev–Trinajstić information content (AvgIpc) is 3.20. The fraction of sp³-hybridized carbons (Fsp3) is 0.538. The van der Waals surface area contributed by atoms with Crippen LogP contribution in [0.25, 0.3) is 0 Å². The van der Waals surface area contributed by atoms with Crippen LogP contribution in [0.2, 0.25) is 0 Å². The van der Waals surface area contributed by atoms with Gasteiger partial charge < -0.3 is 19.3 Å². The molecule has 6 nitrogen and oxygen atoms in total. The van der Waals surface area contributed by atoms with Gasteiger partial charge >= 0.3 is 11.9 Å². The van der Waals surface area contributed by atoms with Gasteiger partial charge in [-0.3, -0.25) is 0 Å². The van der Waals surface area contributed by atoms with Crippen LogP contribution in [0, 0.1) is 0 Å². The van der Waals surface area contributed by atoms with E-state index < -0.39 is 18.0 Å². The standard InChI is InChI=1S/C10H14O4.C3H6O2/c1-5-9(11)14-8(4)6-13-10(12)7(2)3;4-1-3-2-5-3/h5,8H,1-2,6H2,3-4H3;3-4H,1-2H2. The fourth-order valence-corrected chi connectivity index (χ4v) is 0.770. The molecule has 0 radical (unpaired) electrons. The zero-order chi connectivity index (χ0) is 14.8. The molecule has 2 atom stereocenters. The van der Waals surface area contributed by atoms with Crippen molar-refractivity contribution in [1.29, 1.82) is 0 Å². The molecule has 0 aliphatic carbocycles. The Hall–Kier alpha value is -1.66. The van der Waals surface area contributed by atoms with Gasteiger partial charge in [0.15, 0.2) is 0 Å². The van der Waals surface area contributed by atoms with E-state index in [1.165, 1.54) is 0 Å². The number of esters is 2. The molecule has 0 amide bonds. The minimum Gasteiger partial charge on any atom is -0.458 e. The lowest BCUT2D eigenvalue weighted by molar-refractivity contribution is -0.152. The summed E-state index contributed by atoms with van der Waals surface area (Å²) in [4.78, 5) is 21.6. The first kappa shape index (κ1) is 17.3. The average molecular weight is 272 g/mol. The second-order valence-corrected chi connectivity index (χ2v) is 3.97. The number of carbonyl (C=O) groups is 2. The highest BCUT2D eigenvalue weighted by Gasteiger charge is 2.19. The summed E-state index contributed by atoms with van der Waals surface area (Å²) < 4.78 is 14.1. The second-order valence-electron chi connectivity index (χ2n) is 3.97. The van der Waals surface area contributed by atoms with Gasteiger partial charge in [-0.1, -0.05) is 13.2 Å². The number of epoxide rings is 1. The molecule has 0 aromatic carbocycles. The third-order valence-electron chi connectivity index (χ3n) is 1.89. The topological polar surface area (TPSA) is 85.4 Å². The summed E-state index contributed by atoms with van der Waals surface area (Å²) in [5.41, 5.74) is 0.312. The predicted octanol–water partition coefficient (Wildman–Crippen LogP) is 0.601. The number of ether oxygens (including phenoxy) is 3. The molecule has 1 rings (SSSR count). The van der Waals surface area contributed by atoms with E-state index >= 15 is 0 Å². The predicted molar refractivity (Wildman–Crippen MR) is 68.3 cm³/mol. The van der Waals surface area contributed by atoms with Crippen molar-refractivity contribution in [2.75, 3.05) is 19.8 Å². The Balaban J connectivity index is 0.000000532. The molecule has 1 fully saturated rings. The molecule has 0 spiro atoms. The first-order chi connectivity index (χ1) is 8.90. The molecule has 0 aromatic rings. The highest BCUT2D eigenvalue weighted by molar-refractivity contribution is 5.87. The Morgan fingerprint density at radius 1 is 1.58 bits per heavy atom. The van der Waals surface area contributed by atoms with Crippen LogP contribution < -0.4 is 0 Å². The number of aliphatic hydroxyl groups is 1. The molecule has 0 aromatic heterocycles. The minimum atomic E-state index is -0.538. The highest BCUT2D eigenvalue weighted by Crippen LogP contribution is 2.04. The molecule has 108 valence electrons. The summed E-state index contributed by atoms with van der Waals surface area (Å²) in [6.45, 7) is 10.8. The lowest BCUT2D eigenvalue weighted by Crippen LogP contribution is -2.21. The summed E-state index contributed by atoms with van der Waals surface area (Å²) >= 11 is 0. The zero-order valence-electron chi connectivity index (χ0n) is 11.3. The first-order valence-electron chi connectivity index (χ1n) is 5.78. The molecule has 1 N–H and O–H groups in total. The van der Waals surface area contributed by atoms with Crippen molar-refractivity contribution < 1.29 is 28.9 Å². The van der Waals surface area contributed by atoms with Crippen molar-refractivity contribution in [3.63, 3.8) is 0 Å². The van der Waals surface area contributed by atoms with Gasteiger partial charge in [0, 0.05) is 11.6 Å². The number of carbonyl (C=O) groups excluding carboxylic acids is 2. The third kappa shape index (κ3) is 9.99. The maximum absolute atomic E-state index is 10.9. The van der Waals surface area contributed by atoms with Crippen LogP contribution in [0.4, 0.5) is 0 Å². The maximum Gasteiger partial charge on any atom is 0.333 e. The van der Waals surface area contributed by atoms with Crippen LogP contribution in [-0.4, -0.2) is 49.1 Å². The molecular weight excluding hydrogens is 252 g/mol. The molecule has 1 saturated heterocycles. The van der Waals surface area contributed by atoms with Gasteiger partial charge in [0.05, 0.1) is 13.2 Å². The monoisotopic (exact) mass is 272 g/mol. The van der Waals surface area contributed by atoms with Gasteiger partial charge in [0.25, 0.3) is 0 Å². The second kappa shape index (κ2) is 9.29. The summed E-state index contributed by atoms with van der Waals surface area (Å²) in [6.07, 6.45) is 0.760. The van der Waals surface area contributed by atoms with Crippen LogP contribution in [-0.2, 0) is 23.8 Å². The van der Waals surface area contributed by atoms with Crippen LogP contribution in [0.15, 0.2) is 24.8 Å². The Morgan fingerprint density at radius 3 is 2.47 bits per heavy atom. The van der Waals surface area contributed by atoms with Gasteiger partial charge in [-0.25, -0.2) is 9.59 Å². The summed E-state index contributed by atoms with van der Waals surface area (Å²) in [6, 6.07) is 0. The summed E-state index contributed by atoms with van der Waals surface area (Å²) in [5, 5.41) is 8.08. The van der Waals surface area contributed by atoms with Gasteiger partial charge in [0.2, 0.25) is 0 Å². The zero-order valence-corrected chi connectivity index (χ0v) is 11.3. The number of aliphatic hydroxyl groups excluding tert-OH is 1. The van der Waals surface area contributed by atoms with E-state index in [1.54, 1.807) is 13.8 Å². The van der Waals surface area contributed by atoms with Gasteiger partial charge in [-0.2, -0.15) is 0 Å². The van der Waals surface area contributed by atoms with Crippen molar-refractivity contribution in [1.82, 2.24) is 0 Å². The Morgan fingerprint density at radius 2 is 2.16 bits per heavy atom. The van der Waals surface area contributed by atoms with Gasteiger partial charge in [0.1, 0.15) is 18.8 Å². The largest absolute Gasteiger partial charge is 0.458 e. The van der Waals surface area contributed by atoms with Crippen molar-refractivity contribution in [3.05, 3.63) is 24.8 Å². The van der Waals surface area contributed by atoms with Crippen molar-refractivity contribution in [2.24, 2.45) is 0 Å². The number of hydrogen-bond donors (Lipinski definition) is 1. The number of rotatable bonds is 6. The molecule has 1 aliphatic rings. The molecule has 0 saturated carbocycles. The number of hydrogen-bond acceptors (Lipinski definition) is 6. The smallest absolute Gasteiger partial charge is 0.333 e. The maximum atomic E-state index is 10.9. The molecule has 6 heteroatoms. The first-order valence-corrected chi connectivity index (χ1v) is 5.78. The Labute approximate surface area is 112 Å². The summed E-state index contributed by atoms with van der Waals surface area (Å²) in [5.74, 6) is -1.03.